The van der Waals surface area contributed by atoms with Gasteiger partial charge in [0.15, 0.2) is 0 Å². The number of nitrogens with zero attached hydrogens (tertiary/aromatic N) is 1. The molecular weight excluding hydrogens is 254 g/mol. The molecule has 0 aromatic rings. The van der Waals surface area contributed by atoms with Crippen LogP contribution in [0.1, 0.15) is 27.2 Å². The molecule has 1 aliphatic rings. The molecule has 0 saturated carbocycles. The summed E-state index contributed by atoms with van der Waals surface area (Å²) in [5, 5.41) is 5.97. The lowest BCUT2D eigenvalue weighted by Gasteiger charge is -2.28. The van der Waals surface area contributed by atoms with Crippen LogP contribution in [-0.4, -0.2) is 49.4 Å². The first-order valence-corrected chi connectivity index (χ1v) is 6.11. The Balaban J connectivity index is 0.00000289. The van der Waals surface area contributed by atoms with Crippen molar-refractivity contribution in [2.75, 3.05) is 26.7 Å². The number of hydrogen-bond acceptors (Lipinski definition) is 3. The maximum atomic E-state index is 12.2. The summed E-state index contributed by atoms with van der Waals surface area (Å²) < 4.78 is 0. The highest BCUT2D eigenvalue weighted by Crippen LogP contribution is 2.26. The number of nitrogens with one attached hydrogen (secondary N) is 2. The van der Waals surface area contributed by atoms with Gasteiger partial charge in [-0.3, -0.25) is 9.59 Å². The minimum atomic E-state index is -0.354. The molecule has 18 heavy (non-hydrogen) atoms. The fraction of sp³-hybridized carbons (Fsp3) is 0.833. The number of carbonyl (C=O) groups is 2. The third-order valence-electron chi connectivity index (χ3n) is 3.06. The van der Waals surface area contributed by atoms with Crippen molar-refractivity contribution in [1.29, 1.82) is 0 Å². The van der Waals surface area contributed by atoms with E-state index in [-0.39, 0.29) is 42.2 Å². The van der Waals surface area contributed by atoms with Crippen molar-refractivity contribution in [2.24, 2.45) is 5.41 Å². The Hall–Kier alpha value is -0.810. The fourth-order valence-corrected chi connectivity index (χ4v) is 2.12. The quantitative estimate of drug-likeness (QED) is 0.782. The number of likely N-dealkylation sites (N-methyl/N-ethyl adjacent to an activating group) is 1. The highest BCUT2D eigenvalue weighted by atomic mass is 35.5. The summed E-state index contributed by atoms with van der Waals surface area (Å²) in [6.45, 7) is 7.46. The van der Waals surface area contributed by atoms with Crippen molar-refractivity contribution in [2.45, 2.75) is 33.2 Å². The average molecular weight is 278 g/mol. The Labute approximate surface area is 115 Å². The maximum Gasteiger partial charge on any atom is 0.239 e. The van der Waals surface area contributed by atoms with E-state index in [9.17, 15) is 9.59 Å². The Morgan fingerprint density at radius 2 is 2.06 bits per heavy atom. The summed E-state index contributed by atoms with van der Waals surface area (Å²) in [4.78, 5) is 25.3. The molecule has 2 N–H and O–H groups in total. The molecule has 1 atom stereocenters. The molecule has 1 rings (SSSR count). The van der Waals surface area contributed by atoms with Gasteiger partial charge in [-0.05, 0) is 33.7 Å². The van der Waals surface area contributed by atoms with Gasteiger partial charge in [0.05, 0.1) is 12.0 Å². The van der Waals surface area contributed by atoms with E-state index in [1.165, 1.54) is 4.90 Å². The Morgan fingerprint density at radius 1 is 1.44 bits per heavy atom. The van der Waals surface area contributed by atoms with Crippen LogP contribution in [0.3, 0.4) is 0 Å². The van der Waals surface area contributed by atoms with E-state index in [2.05, 4.69) is 10.6 Å². The minimum absolute atomic E-state index is 0. The second kappa shape index (κ2) is 6.95. The SMILES string of the molecule is CC(C)NC(=O)CN(C)C(=O)C1(C)CCNC1.Cl. The van der Waals surface area contributed by atoms with E-state index in [1.54, 1.807) is 7.05 Å². The first-order chi connectivity index (χ1) is 7.85. The molecule has 0 bridgehead atoms. The third kappa shape index (κ3) is 4.46. The molecule has 1 aliphatic heterocycles. The van der Waals surface area contributed by atoms with Crippen LogP contribution < -0.4 is 10.6 Å². The second-order valence-electron chi connectivity index (χ2n) is 5.37. The standard InChI is InChI=1S/C12H23N3O2.ClH/c1-9(2)14-10(16)7-15(4)11(17)12(3)5-6-13-8-12;/h9,13H,5-8H2,1-4H3,(H,14,16);1H. The van der Waals surface area contributed by atoms with Crippen LogP contribution in [0.15, 0.2) is 0 Å². The largest absolute Gasteiger partial charge is 0.352 e. The van der Waals surface area contributed by atoms with Crippen LogP contribution in [-0.2, 0) is 9.59 Å². The van der Waals surface area contributed by atoms with Crippen LogP contribution >= 0.6 is 12.4 Å². The van der Waals surface area contributed by atoms with Gasteiger partial charge in [0.1, 0.15) is 0 Å². The lowest BCUT2D eigenvalue weighted by atomic mass is 9.88. The molecule has 0 aromatic heterocycles. The molecular formula is C12H24ClN3O2. The molecule has 1 fully saturated rings. The summed E-state index contributed by atoms with van der Waals surface area (Å²) in [5.74, 6) is -0.0631. The predicted octanol–water partition coefficient (Wildman–Crippen LogP) is 0.391. The van der Waals surface area contributed by atoms with Crippen molar-refractivity contribution in [1.82, 2.24) is 15.5 Å². The van der Waals surface area contributed by atoms with Crippen LogP contribution in [0, 0.1) is 5.41 Å². The van der Waals surface area contributed by atoms with E-state index in [1.807, 2.05) is 20.8 Å². The zero-order valence-electron chi connectivity index (χ0n) is 11.6. The van der Waals surface area contributed by atoms with Crippen molar-refractivity contribution in [3.63, 3.8) is 0 Å². The van der Waals surface area contributed by atoms with E-state index in [4.69, 9.17) is 0 Å². The van der Waals surface area contributed by atoms with E-state index in [0.717, 1.165) is 13.0 Å². The predicted molar refractivity (Wildman–Crippen MR) is 73.8 cm³/mol. The van der Waals surface area contributed by atoms with Gasteiger partial charge in [-0.2, -0.15) is 0 Å². The highest BCUT2D eigenvalue weighted by Gasteiger charge is 2.38. The molecule has 2 amide bonds. The van der Waals surface area contributed by atoms with Crippen LogP contribution in [0.2, 0.25) is 0 Å². The zero-order valence-corrected chi connectivity index (χ0v) is 12.4. The first-order valence-electron chi connectivity index (χ1n) is 6.11. The van der Waals surface area contributed by atoms with Gasteiger partial charge in [-0.25, -0.2) is 0 Å². The molecule has 0 spiro atoms. The second-order valence-corrected chi connectivity index (χ2v) is 5.37. The number of carbonyl (C=O) groups excluding carboxylic acids is 2. The first kappa shape index (κ1) is 17.2. The lowest BCUT2D eigenvalue weighted by molar-refractivity contribution is -0.142. The Bertz CT molecular complexity index is 302. The van der Waals surface area contributed by atoms with Crippen LogP contribution in [0.4, 0.5) is 0 Å². The van der Waals surface area contributed by atoms with Crippen LogP contribution in [0.5, 0.6) is 0 Å². The monoisotopic (exact) mass is 277 g/mol. The summed E-state index contributed by atoms with van der Waals surface area (Å²) >= 11 is 0. The van der Waals surface area contributed by atoms with Gasteiger partial charge >= 0.3 is 0 Å². The van der Waals surface area contributed by atoms with Gasteiger partial charge in [0.25, 0.3) is 0 Å². The topological polar surface area (TPSA) is 61.4 Å². The van der Waals surface area contributed by atoms with Crippen molar-refractivity contribution in [3.05, 3.63) is 0 Å². The van der Waals surface area contributed by atoms with E-state index < -0.39 is 0 Å². The Kier molecular flexibility index (Phi) is 6.63. The van der Waals surface area contributed by atoms with Crippen molar-refractivity contribution < 1.29 is 9.59 Å². The molecule has 5 nitrogen and oxygen atoms in total. The normalized spacial score (nSPS) is 22.5. The number of rotatable bonds is 4. The molecule has 1 unspecified atom stereocenters. The molecule has 0 radical (unpaired) electrons. The lowest BCUT2D eigenvalue weighted by Crippen LogP contribution is -2.46. The smallest absolute Gasteiger partial charge is 0.239 e. The van der Waals surface area contributed by atoms with Gasteiger partial charge in [0.2, 0.25) is 11.8 Å². The van der Waals surface area contributed by atoms with Gasteiger partial charge in [0, 0.05) is 19.6 Å². The van der Waals surface area contributed by atoms with Gasteiger partial charge in [-0.15, -0.1) is 12.4 Å². The average Bonchev–Trinajstić information content (AvgIpc) is 2.63. The molecule has 1 saturated heterocycles. The maximum absolute atomic E-state index is 12.2. The summed E-state index contributed by atoms with van der Waals surface area (Å²) in [6.07, 6.45) is 0.835. The zero-order chi connectivity index (χ0) is 13.1. The molecule has 1 heterocycles. The highest BCUT2D eigenvalue weighted by molar-refractivity contribution is 5.88. The number of hydrogen-bond donors (Lipinski definition) is 2. The number of halogens is 1. The van der Waals surface area contributed by atoms with E-state index in [0.29, 0.717) is 6.54 Å². The summed E-state index contributed by atoms with van der Waals surface area (Å²) in [5.41, 5.74) is -0.354. The number of amides is 2. The van der Waals surface area contributed by atoms with Gasteiger partial charge in [-0.1, -0.05) is 0 Å². The third-order valence-corrected chi connectivity index (χ3v) is 3.06. The van der Waals surface area contributed by atoms with Crippen LogP contribution in [0.25, 0.3) is 0 Å². The fourth-order valence-electron chi connectivity index (χ4n) is 2.12. The van der Waals surface area contributed by atoms with Crippen molar-refractivity contribution in [3.8, 4) is 0 Å². The molecule has 106 valence electrons. The Morgan fingerprint density at radius 3 is 2.50 bits per heavy atom. The summed E-state index contributed by atoms with van der Waals surface area (Å²) in [6, 6.07) is 0.106. The molecule has 6 heteroatoms. The molecule has 0 aromatic carbocycles. The molecule has 0 aliphatic carbocycles. The van der Waals surface area contributed by atoms with Gasteiger partial charge < -0.3 is 15.5 Å². The van der Waals surface area contributed by atoms with E-state index >= 15 is 0 Å². The summed E-state index contributed by atoms with van der Waals surface area (Å²) in [7, 11) is 1.69. The van der Waals surface area contributed by atoms with Crippen molar-refractivity contribution >= 4 is 24.2 Å². The minimum Gasteiger partial charge on any atom is -0.352 e.